The van der Waals surface area contributed by atoms with E-state index in [0.717, 1.165) is 11.1 Å². The predicted octanol–water partition coefficient (Wildman–Crippen LogP) is 2.49. The zero-order valence-electron chi connectivity index (χ0n) is 14.2. The highest BCUT2D eigenvalue weighted by Gasteiger charge is 2.31. The fourth-order valence-corrected chi connectivity index (χ4v) is 3.13. The number of thiocarbonyl (C=S) groups is 1. The highest BCUT2D eigenvalue weighted by atomic mass is 35.5. The lowest BCUT2D eigenvalue weighted by molar-refractivity contribution is 0.275. The molecule has 0 spiro atoms. The molecule has 0 fully saturated rings. The summed E-state index contributed by atoms with van der Waals surface area (Å²) in [5.74, 6) is 1.26. The number of halogens is 1. The molecule has 0 saturated heterocycles. The van der Waals surface area contributed by atoms with E-state index >= 15 is 0 Å². The molecule has 9 heteroatoms. The van der Waals surface area contributed by atoms with Crippen LogP contribution in [0, 0.1) is 0 Å². The fraction of sp³-hybridized carbons (Fsp3) is 0.235. The lowest BCUT2D eigenvalue weighted by atomic mass is 9.79. The molecule has 1 aliphatic rings. The Labute approximate surface area is 162 Å². The van der Waals surface area contributed by atoms with Crippen LogP contribution in [-0.2, 0) is 22.6 Å². The number of ether oxygens (including phenoxy) is 3. The van der Waals surface area contributed by atoms with Gasteiger partial charge in [-0.15, -0.1) is 0 Å². The number of nitrogens with one attached hydrogen (secondary N) is 1. The van der Waals surface area contributed by atoms with Crippen molar-refractivity contribution in [2.24, 2.45) is 0 Å². The van der Waals surface area contributed by atoms with Crippen LogP contribution >= 0.6 is 23.8 Å². The number of methoxy groups -OCH3 is 2. The summed E-state index contributed by atoms with van der Waals surface area (Å²) in [5.41, 5.74) is 2.83. The minimum absolute atomic E-state index is 0.162. The first-order chi connectivity index (χ1) is 12.5. The summed E-state index contributed by atoms with van der Waals surface area (Å²) >= 11 is 11.6. The monoisotopic (exact) mass is 393 g/mol. The molecule has 0 saturated carbocycles. The lowest BCUT2D eigenvalue weighted by Crippen LogP contribution is -2.30. The molecule has 0 aliphatic carbocycles. The van der Waals surface area contributed by atoms with E-state index in [9.17, 15) is 5.02 Å². The van der Waals surface area contributed by atoms with Crippen molar-refractivity contribution in [2.75, 3.05) is 19.5 Å². The SMILES string of the molecule is COc1ccc(COC(=S)Nc2ccc3c(c2Cl)B(O)OC3)cc1OC. The Morgan fingerprint density at radius 3 is 2.77 bits per heavy atom. The molecule has 0 unspecified atom stereocenters. The van der Waals surface area contributed by atoms with Crippen molar-refractivity contribution in [3.63, 3.8) is 0 Å². The van der Waals surface area contributed by atoms with Crippen LogP contribution in [0.2, 0.25) is 5.02 Å². The summed E-state index contributed by atoms with van der Waals surface area (Å²) < 4.78 is 21.2. The third-order valence-corrected chi connectivity index (χ3v) is 4.60. The van der Waals surface area contributed by atoms with Crippen LogP contribution in [0.1, 0.15) is 11.1 Å². The van der Waals surface area contributed by atoms with Crippen LogP contribution in [0.25, 0.3) is 0 Å². The van der Waals surface area contributed by atoms with E-state index in [1.54, 1.807) is 26.4 Å². The van der Waals surface area contributed by atoms with Gasteiger partial charge in [0.2, 0.25) is 0 Å². The van der Waals surface area contributed by atoms with Gasteiger partial charge in [0.05, 0.1) is 31.5 Å². The van der Waals surface area contributed by atoms with Crippen molar-refractivity contribution < 1.29 is 23.9 Å². The Hall–Kier alpha value is -2.00. The largest absolute Gasteiger partial charge is 0.493 e. The second kappa shape index (κ2) is 8.13. The summed E-state index contributed by atoms with van der Waals surface area (Å²) in [4.78, 5) is 0. The molecule has 0 aromatic heterocycles. The minimum Gasteiger partial charge on any atom is -0.493 e. The second-order valence-corrected chi connectivity index (χ2v) is 6.30. The van der Waals surface area contributed by atoms with Gasteiger partial charge in [-0.05, 0) is 41.5 Å². The molecule has 2 aromatic carbocycles. The molecule has 0 radical (unpaired) electrons. The number of hydrogen-bond acceptors (Lipinski definition) is 6. The molecule has 0 atom stereocenters. The van der Waals surface area contributed by atoms with Crippen molar-refractivity contribution >= 4 is 47.3 Å². The maximum atomic E-state index is 9.84. The van der Waals surface area contributed by atoms with Crippen LogP contribution in [0.15, 0.2) is 30.3 Å². The summed E-state index contributed by atoms with van der Waals surface area (Å²) in [7, 11) is 2.12. The molecular weight excluding hydrogens is 377 g/mol. The highest BCUT2D eigenvalue weighted by molar-refractivity contribution is 7.80. The number of fused-ring (bicyclic) bond motifs is 1. The van der Waals surface area contributed by atoms with E-state index in [1.165, 1.54) is 0 Å². The first kappa shape index (κ1) is 18.8. The first-order valence-electron chi connectivity index (χ1n) is 7.79. The smallest absolute Gasteiger partial charge is 0.493 e. The Kier molecular flexibility index (Phi) is 5.88. The van der Waals surface area contributed by atoms with Gasteiger partial charge in [-0.25, -0.2) is 0 Å². The molecular formula is C17H17BClNO5S. The Morgan fingerprint density at radius 1 is 1.27 bits per heavy atom. The molecule has 0 amide bonds. The average molecular weight is 394 g/mol. The topological polar surface area (TPSA) is 69.2 Å². The van der Waals surface area contributed by atoms with Crippen molar-refractivity contribution in [3.8, 4) is 11.5 Å². The van der Waals surface area contributed by atoms with E-state index in [4.69, 9.17) is 42.7 Å². The third kappa shape index (κ3) is 3.88. The Balaban J connectivity index is 1.64. The molecule has 1 heterocycles. The number of rotatable bonds is 5. The number of hydrogen-bond donors (Lipinski definition) is 2. The summed E-state index contributed by atoms with van der Waals surface area (Å²) in [6.07, 6.45) is 0. The maximum Gasteiger partial charge on any atom is 0.493 e. The van der Waals surface area contributed by atoms with Crippen LogP contribution in [0.4, 0.5) is 5.69 Å². The van der Waals surface area contributed by atoms with Gasteiger partial charge < -0.3 is 29.2 Å². The molecule has 1 aliphatic heterocycles. The van der Waals surface area contributed by atoms with Gasteiger partial charge in [0.1, 0.15) is 6.61 Å². The Bertz CT molecular complexity index is 835. The van der Waals surface area contributed by atoms with E-state index in [2.05, 4.69) is 5.32 Å². The molecule has 136 valence electrons. The van der Waals surface area contributed by atoms with Gasteiger partial charge in [-0.3, -0.25) is 0 Å². The Morgan fingerprint density at radius 2 is 2.04 bits per heavy atom. The zero-order chi connectivity index (χ0) is 18.7. The van der Waals surface area contributed by atoms with E-state index in [-0.39, 0.29) is 11.8 Å². The van der Waals surface area contributed by atoms with Crippen LogP contribution in [0.3, 0.4) is 0 Å². The van der Waals surface area contributed by atoms with E-state index in [0.29, 0.717) is 34.3 Å². The predicted molar refractivity (Wildman–Crippen MR) is 104 cm³/mol. The molecule has 3 rings (SSSR count). The van der Waals surface area contributed by atoms with Gasteiger partial charge in [-0.2, -0.15) is 0 Å². The molecule has 6 nitrogen and oxygen atoms in total. The van der Waals surface area contributed by atoms with Crippen LogP contribution < -0.4 is 20.3 Å². The second-order valence-electron chi connectivity index (χ2n) is 5.55. The van der Waals surface area contributed by atoms with E-state index in [1.807, 2.05) is 18.2 Å². The molecule has 0 bridgehead atoms. The normalized spacial score (nSPS) is 12.5. The summed E-state index contributed by atoms with van der Waals surface area (Å²) in [6.45, 7) is 0.581. The molecule has 2 N–H and O–H groups in total. The van der Waals surface area contributed by atoms with Crippen LogP contribution in [-0.4, -0.2) is 31.5 Å². The highest BCUT2D eigenvalue weighted by Crippen LogP contribution is 2.28. The standard InChI is InChI=1S/C17H17BClNO5S/c1-22-13-6-3-10(7-14(13)23-2)8-24-17(26)20-12-5-4-11-9-25-18(21)15(11)16(12)19/h3-7,21H,8-9H2,1-2H3,(H,20,26). The van der Waals surface area contributed by atoms with Gasteiger partial charge in [0.25, 0.3) is 5.17 Å². The van der Waals surface area contributed by atoms with E-state index < -0.39 is 7.12 Å². The quantitative estimate of drug-likeness (QED) is 0.597. The first-order valence-corrected chi connectivity index (χ1v) is 8.57. The third-order valence-electron chi connectivity index (χ3n) is 3.97. The number of benzene rings is 2. The van der Waals surface area contributed by atoms with Gasteiger partial charge in [-0.1, -0.05) is 23.7 Å². The lowest BCUT2D eigenvalue weighted by Gasteiger charge is -2.14. The van der Waals surface area contributed by atoms with Crippen molar-refractivity contribution in [2.45, 2.75) is 13.2 Å². The van der Waals surface area contributed by atoms with Gasteiger partial charge >= 0.3 is 7.12 Å². The van der Waals surface area contributed by atoms with Crippen molar-refractivity contribution in [1.29, 1.82) is 0 Å². The van der Waals surface area contributed by atoms with Crippen molar-refractivity contribution in [1.82, 2.24) is 0 Å². The number of anilines is 1. The van der Waals surface area contributed by atoms with Gasteiger partial charge in [0, 0.05) is 5.46 Å². The average Bonchev–Trinajstić information content (AvgIpc) is 3.03. The zero-order valence-corrected chi connectivity index (χ0v) is 15.8. The maximum absolute atomic E-state index is 9.84. The minimum atomic E-state index is -1.03. The van der Waals surface area contributed by atoms with Crippen LogP contribution in [0.5, 0.6) is 11.5 Å². The summed E-state index contributed by atoms with van der Waals surface area (Å²) in [6, 6.07) is 9.08. The molecule has 2 aromatic rings. The van der Waals surface area contributed by atoms with Gasteiger partial charge in [0.15, 0.2) is 11.5 Å². The van der Waals surface area contributed by atoms with Crippen molar-refractivity contribution in [3.05, 3.63) is 46.5 Å². The summed E-state index contributed by atoms with van der Waals surface area (Å²) in [5, 5.41) is 13.3. The fourth-order valence-electron chi connectivity index (χ4n) is 2.64. The molecule has 26 heavy (non-hydrogen) atoms.